The molecule has 0 saturated heterocycles. The summed E-state index contributed by atoms with van der Waals surface area (Å²) in [5.41, 5.74) is 3.13. The minimum Gasteiger partial charge on any atom is -0.361 e. The number of hydrogen-bond donors (Lipinski definition) is 2. The Morgan fingerprint density at radius 1 is 1.19 bits per heavy atom. The first-order valence-electron chi connectivity index (χ1n) is 8.19. The number of aromatic nitrogens is 2. The molecule has 2 aromatic heterocycles. The zero-order valence-corrected chi connectivity index (χ0v) is 15.6. The van der Waals surface area contributed by atoms with E-state index in [1.807, 2.05) is 48.5 Å². The summed E-state index contributed by atoms with van der Waals surface area (Å²) in [6.07, 6.45) is 5.07. The van der Waals surface area contributed by atoms with Crippen LogP contribution in [0.25, 0.3) is 27.9 Å². The quantitative estimate of drug-likeness (QED) is 0.363. The number of aromatic amines is 1. The van der Waals surface area contributed by atoms with E-state index in [-0.39, 0.29) is 5.57 Å². The summed E-state index contributed by atoms with van der Waals surface area (Å²) in [5, 5.41) is 14.1. The van der Waals surface area contributed by atoms with Gasteiger partial charge in [-0.1, -0.05) is 22.0 Å². The van der Waals surface area contributed by atoms with Crippen molar-refractivity contribution in [3.63, 3.8) is 0 Å². The number of benzene rings is 2. The lowest BCUT2D eigenvalue weighted by Gasteiger charge is -2.07. The van der Waals surface area contributed by atoms with Gasteiger partial charge in [0.1, 0.15) is 11.6 Å². The fourth-order valence-corrected chi connectivity index (χ4v) is 3.30. The number of fused-ring (bicyclic) bond motifs is 2. The molecular formula is C21H13BrN4O. The molecule has 2 aromatic carbocycles. The molecule has 130 valence electrons. The van der Waals surface area contributed by atoms with Crippen molar-refractivity contribution in [2.24, 2.45) is 0 Å². The molecule has 0 aliphatic heterocycles. The molecule has 2 heterocycles. The minimum absolute atomic E-state index is 0.0248. The Bertz CT molecular complexity index is 1240. The standard InChI is InChI=1S/C21H13BrN4O/c22-15-6-7-19-17(10-15)14(12-25-19)9-13(11-23)21(27)26-20-5-1-4-18-16(20)3-2-8-24-18/h1-10,12,25H,(H,26,27). The highest BCUT2D eigenvalue weighted by Crippen LogP contribution is 2.25. The van der Waals surface area contributed by atoms with E-state index in [2.05, 4.69) is 31.2 Å². The van der Waals surface area contributed by atoms with Crippen LogP contribution in [0.4, 0.5) is 5.69 Å². The lowest BCUT2D eigenvalue weighted by molar-refractivity contribution is -0.112. The third-order valence-corrected chi connectivity index (χ3v) is 4.73. The molecule has 5 nitrogen and oxygen atoms in total. The second kappa shape index (κ2) is 7.06. The Balaban J connectivity index is 1.69. The van der Waals surface area contributed by atoms with Crippen LogP contribution in [0.15, 0.2) is 71.0 Å². The van der Waals surface area contributed by atoms with Gasteiger partial charge in [-0.3, -0.25) is 9.78 Å². The molecule has 2 N–H and O–H groups in total. The summed E-state index contributed by atoms with van der Waals surface area (Å²) in [7, 11) is 0. The van der Waals surface area contributed by atoms with Crippen LogP contribution in [0, 0.1) is 11.3 Å². The number of amides is 1. The molecule has 4 aromatic rings. The molecule has 0 aliphatic rings. The van der Waals surface area contributed by atoms with Gasteiger partial charge in [0.2, 0.25) is 0 Å². The Labute approximate surface area is 163 Å². The molecular weight excluding hydrogens is 404 g/mol. The van der Waals surface area contributed by atoms with Gasteiger partial charge in [-0.25, -0.2) is 0 Å². The van der Waals surface area contributed by atoms with Crippen molar-refractivity contribution in [1.29, 1.82) is 5.26 Å². The normalized spacial score (nSPS) is 11.5. The maximum absolute atomic E-state index is 12.7. The Hall–Kier alpha value is -3.43. The fourth-order valence-electron chi connectivity index (χ4n) is 2.94. The zero-order valence-electron chi connectivity index (χ0n) is 14.0. The van der Waals surface area contributed by atoms with Crippen molar-refractivity contribution >= 4 is 55.4 Å². The highest BCUT2D eigenvalue weighted by molar-refractivity contribution is 9.10. The number of anilines is 1. The van der Waals surface area contributed by atoms with Crippen LogP contribution in [0.2, 0.25) is 0 Å². The van der Waals surface area contributed by atoms with Crippen molar-refractivity contribution in [3.05, 3.63) is 76.5 Å². The van der Waals surface area contributed by atoms with E-state index < -0.39 is 5.91 Å². The Morgan fingerprint density at radius 3 is 2.93 bits per heavy atom. The summed E-state index contributed by atoms with van der Waals surface area (Å²) < 4.78 is 0.926. The van der Waals surface area contributed by atoms with Crippen LogP contribution in [0.1, 0.15) is 5.56 Å². The molecule has 0 unspecified atom stereocenters. The molecule has 4 rings (SSSR count). The zero-order chi connectivity index (χ0) is 18.8. The average Bonchev–Trinajstić information content (AvgIpc) is 3.08. The molecule has 6 heteroatoms. The van der Waals surface area contributed by atoms with Crippen LogP contribution in [0.5, 0.6) is 0 Å². The molecule has 0 radical (unpaired) electrons. The van der Waals surface area contributed by atoms with Crippen molar-refractivity contribution in [2.75, 3.05) is 5.32 Å². The number of carbonyl (C=O) groups excluding carboxylic acids is 1. The lowest BCUT2D eigenvalue weighted by Crippen LogP contribution is -2.13. The molecule has 0 spiro atoms. The van der Waals surface area contributed by atoms with Crippen LogP contribution in [0.3, 0.4) is 0 Å². The third-order valence-electron chi connectivity index (χ3n) is 4.23. The van der Waals surface area contributed by atoms with Gasteiger partial charge in [0.15, 0.2) is 0 Å². The molecule has 0 bridgehead atoms. The van der Waals surface area contributed by atoms with Crippen LogP contribution >= 0.6 is 15.9 Å². The topological polar surface area (TPSA) is 81.6 Å². The highest BCUT2D eigenvalue weighted by Gasteiger charge is 2.13. The van der Waals surface area contributed by atoms with E-state index in [0.29, 0.717) is 5.69 Å². The third kappa shape index (κ3) is 3.33. The molecule has 0 aliphatic carbocycles. The van der Waals surface area contributed by atoms with Crippen LogP contribution in [-0.2, 0) is 4.79 Å². The van der Waals surface area contributed by atoms with Gasteiger partial charge in [-0.05, 0) is 48.5 Å². The van der Waals surface area contributed by atoms with E-state index in [9.17, 15) is 10.1 Å². The van der Waals surface area contributed by atoms with Gasteiger partial charge in [0.25, 0.3) is 5.91 Å². The Kier molecular flexibility index (Phi) is 4.45. The number of carbonyl (C=O) groups is 1. The van der Waals surface area contributed by atoms with Gasteiger partial charge < -0.3 is 10.3 Å². The van der Waals surface area contributed by atoms with Gasteiger partial charge in [0, 0.05) is 38.7 Å². The first-order chi connectivity index (χ1) is 13.2. The van der Waals surface area contributed by atoms with Crippen molar-refractivity contribution in [1.82, 2.24) is 9.97 Å². The summed E-state index contributed by atoms with van der Waals surface area (Å²) in [5.74, 6) is -0.460. The van der Waals surface area contributed by atoms with E-state index in [0.717, 1.165) is 31.8 Å². The molecule has 27 heavy (non-hydrogen) atoms. The maximum Gasteiger partial charge on any atom is 0.266 e. The number of nitrogens with zero attached hydrogens (tertiary/aromatic N) is 2. The average molecular weight is 417 g/mol. The number of pyridine rings is 1. The molecule has 0 saturated carbocycles. The smallest absolute Gasteiger partial charge is 0.266 e. The Morgan fingerprint density at radius 2 is 2.07 bits per heavy atom. The summed E-state index contributed by atoms with van der Waals surface area (Å²) >= 11 is 3.45. The number of halogens is 1. The SMILES string of the molecule is N#CC(=Cc1c[nH]c2ccc(Br)cc12)C(=O)Nc1cccc2ncccc12. The summed E-state index contributed by atoms with van der Waals surface area (Å²) in [6, 6.07) is 17.0. The van der Waals surface area contributed by atoms with Crippen LogP contribution in [-0.4, -0.2) is 15.9 Å². The number of hydrogen-bond acceptors (Lipinski definition) is 3. The predicted molar refractivity (Wildman–Crippen MR) is 110 cm³/mol. The monoisotopic (exact) mass is 416 g/mol. The van der Waals surface area contributed by atoms with Crippen molar-refractivity contribution in [3.8, 4) is 6.07 Å². The largest absolute Gasteiger partial charge is 0.361 e. The molecule has 0 atom stereocenters. The second-order valence-corrected chi connectivity index (χ2v) is 6.85. The first-order valence-corrected chi connectivity index (χ1v) is 8.98. The lowest BCUT2D eigenvalue weighted by atomic mass is 10.1. The predicted octanol–water partition coefficient (Wildman–Crippen LogP) is 5.02. The van der Waals surface area contributed by atoms with Gasteiger partial charge in [-0.2, -0.15) is 5.26 Å². The number of nitrogens with one attached hydrogen (secondary N) is 2. The highest BCUT2D eigenvalue weighted by atomic mass is 79.9. The molecule has 0 fully saturated rings. The number of rotatable bonds is 3. The van der Waals surface area contributed by atoms with E-state index in [4.69, 9.17) is 0 Å². The van der Waals surface area contributed by atoms with E-state index in [1.54, 1.807) is 24.5 Å². The maximum atomic E-state index is 12.7. The van der Waals surface area contributed by atoms with Gasteiger partial charge in [-0.15, -0.1) is 0 Å². The van der Waals surface area contributed by atoms with E-state index >= 15 is 0 Å². The van der Waals surface area contributed by atoms with E-state index in [1.165, 1.54) is 0 Å². The van der Waals surface area contributed by atoms with Crippen molar-refractivity contribution < 1.29 is 4.79 Å². The van der Waals surface area contributed by atoms with Crippen molar-refractivity contribution in [2.45, 2.75) is 0 Å². The number of nitriles is 1. The first kappa shape index (κ1) is 17.0. The summed E-state index contributed by atoms with van der Waals surface area (Å²) in [4.78, 5) is 20.1. The van der Waals surface area contributed by atoms with Gasteiger partial charge in [0.05, 0.1) is 11.2 Å². The summed E-state index contributed by atoms with van der Waals surface area (Å²) in [6.45, 7) is 0. The minimum atomic E-state index is -0.460. The molecule has 1 amide bonds. The van der Waals surface area contributed by atoms with Gasteiger partial charge >= 0.3 is 0 Å². The van der Waals surface area contributed by atoms with Crippen LogP contribution < -0.4 is 5.32 Å². The number of H-pyrrole nitrogens is 1. The second-order valence-electron chi connectivity index (χ2n) is 5.93. The fraction of sp³-hybridized carbons (Fsp3) is 0.